The van der Waals surface area contributed by atoms with Crippen LogP contribution in [0.4, 0.5) is 0 Å². The lowest BCUT2D eigenvalue weighted by Crippen LogP contribution is -2.52. The molecule has 0 bridgehead atoms. The lowest BCUT2D eigenvalue weighted by atomic mass is 9.44. The summed E-state index contributed by atoms with van der Waals surface area (Å²) in [7, 11) is 1.50. The normalized spacial score (nSPS) is 43.2. The highest BCUT2D eigenvalue weighted by Crippen LogP contribution is 2.67. The van der Waals surface area contributed by atoms with E-state index in [9.17, 15) is 0 Å². The van der Waals surface area contributed by atoms with E-state index in [4.69, 9.17) is 11.6 Å². The van der Waals surface area contributed by atoms with Gasteiger partial charge in [0.2, 0.25) is 0 Å². The third-order valence-corrected chi connectivity index (χ3v) is 9.73. The summed E-state index contributed by atoms with van der Waals surface area (Å²) in [6, 6.07) is 2.13. The fourth-order valence-corrected chi connectivity index (χ4v) is 8.22. The molecule has 1 aromatic heterocycles. The monoisotopic (exact) mass is 414 g/mol. The van der Waals surface area contributed by atoms with Gasteiger partial charge in [-0.25, -0.2) is 0 Å². The number of nitrogens with two attached hydrogens (primary N) is 1. The van der Waals surface area contributed by atoms with Crippen molar-refractivity contribution in [2.45, 2.75) is 72.1 Å². The maximum atomic E-state index is 6.27. The van der Waals surface area contributed by atoms with Gasteiger partial charge in [-0.15, -0.1) is 0 Å². The summed E-state index contributed by atoms with van der Waals surface area (Å²) in [5.74, 6) is 4.62. The van der Waals surface area contributed by atoms with E-state index in [-0.39, 0.29) is 0 Å². The second-order valence-corrected chi connectivity index (χ2v) is 11.2. The minimum atomic E-state index is 0.318. The predicted molar refractivity (Wildman–Crippen MR) is 124 cm³/mol. The molecule has 2 N–H and O–H groups in total. The van der Waals surface area contributed by atoms with Crippen LogP contribution in [0, 0.1) is 40.4 Å². The van der Waals surface area contributed by atoms with Crippen molar-refractivity contribution in [3.63, 3.8) is 0 Å². The molecule has 29 heavy (non-hydrogen) atoms. The zero-order valence-electron chi connectivity index (χ0n) is 18.8. The minimum absolute atomic E-state index is 0.318. The highest BCUT2D eigenvalue weighted by molar-refractivity contribution is 6.30. The maximum Gasteiger partial charge on any atom is 0.0595 e. The van der Waals surface area contributed by atoms with E-state index in [0.717, 1.165) is 34.6 Å². The SMILES string of the molecule is CC1CCC2(C)C(CCC3C4CC=C(c5cncc(Cl)c5)C4(C)CCC32)C1.CN. The van der Waals surface area contributed by atoms with Gasteiger partial charge in [-0.3, -0.25) is 4.98 Å². The van der Waals surface area contributed by atoms with Crippen molar-refractivity contribution < 1.29 is 0 Å². The Labute approximate surface area is 182 Å². The largest absolute Gasteiger partial charge is 0.333 e. The van der Waals surface area contributed by atoms with Crippen molar-refractivity contribution in [3.05, 3.63) is 35.1 Å². The zero-order valence-corrected chi connectivity index (χ0v) is 19.5. The van der Waals surface area contributed by atoms with Crippen molar-refractivity contribution >= 4 is 17.2 Å². The van der Waals surface area contributed by atoms with E-state index in [2.05, 4.69) is 43.6 Å². The Hall–Kier alpha value is -0.860. The van der Waals surface area contributed by atoms with Gasteiger partial charge in [0.05, 0.1) is 5.02 Å². The van der Waals surface area contributed by atoms with Gasteiger partial charge < -0.3 is 5.73 Å². The molecule has 5 rings (SSSR count). The van der Waals surface area contributed by atoms with Crippen LogP contribution in [0.3, 0.4) is 0 Å². The molecule has 0 aromatic carbocycles. The van der Waals surface area contributed by atoms with Gasteiger partial charge in [0.25, 0.3) is 0 Å². The van der Waals surface area contributed by atoms with Gasteiger partial charge in [0.1, 0.15) is 0 Å². The zero-order chi connectivity index (χ0) is 20.8. The molecular formula is C26H39ClN2. The first kappa shape index (κ1) is 21.4. The van der Waals surface area contributed by atoms with E-state index in [1.807, 2.05) is 6.20 Å². The third kappa shape index (κ3) is 3.39. The molecule has 160 valence electrons. The minimum Gasteiger partial charge on any atom is -0.333 e. The smallest absolute Gasteiger partial charge is 0.0595 e. The van der Waals surface area contributed by atoms with Gasteiger partial charge in [0.15, 0.2) is 0 Å². The molecule has 3 heteroatoms. The van der Waals surface area contributed by atoms with Crippen molar-refractivity contribution in [2.75, 3.05) is 7.05 Å². The van der Waals surface area contributed by atoms with E-state index in [1.54, 1.807) is 6.20 Å². The molecule has 3 saturated carbocycles. The molecule has 7 atom stereocenters. The number of halogens is 1. The highest BCUT2D eigenvalue weighted by atomic mass is 35.5. The Balaban J connectivity index is 0.000000994. The summed E-state index contributed by atoms with van der Waals surface area (Å²) in [6.45, 7) is 7.70. The van der Waals surface area contributed by atoms with Gasteiger partial charge in [0, 0.05) is 12.4 Å². The number of hydrogen-bond donors (Lipinski definition) is 1. The Morgan fingerprint density at radius 3 is 2.59 bits per heavy atom. The molecule has 3 fully saturated rings. The quantitative estimate of drug-likeness (QED) is 0.538. The van der Waals surface area contributed by atoms with E-state index < -0.39 is 0 Å². The molecule has 0 amide bonds. The van der Waals surface area contributed by atoms with E-state index in [1.165, 1.54) is 69.6 Å². The van der Waals surface area contributed by atoms with Crippen LogP contribution in [0.5, 0.6) is 0 Å². The summed E-state index contributed by atoms with van der Waals surface area (Å²) >= 11 is 6.27. The number of rotatable bonds is 1. The number of hydrogen-bond acceptors (Lipinski definition) is 2. The van der Waals surface area contributed by atoms with E-state index >= 15 is 0 Å². The Kier molecular flexibility index (Phi) is 5.90. The van der Waals surface area contributed by atoms with Crippen LogP contribution in [0.2, 0.25) is 5.02 Å². The van der Waals surface area contributed by atoms with Crippen LogP contribution in [0.25, 0.3) is 5.57 Å². The lowest BCUT2D eigenvalue weighted by Gasteiger charge is -2.61. The first-order valence-electron chi connectivity index (χ1n) is 11.8. The van der Waals surface area contributed by atoms with Crippen molar-refractivity contribution in [1.82, 2.24) is 4.98 Å². The molecular weight excluding hydrogens is 376 g/mol. The van der Waals surface area contributed by atoms with Gasteiger partial charge in [-0.2, -0.15) is 0 Å². The molecule has 4 aliphatic rings. The van der Waals surface area contributed by atoms with Crippen LogP contribution >= 0.6 is 11.6 Å². The van der Waals surface area contributed by atoms with Crippen LogP contribution in [-0.2, 0) is 0 Å². The fraction of sp³-hybridized carbons (Fsp3) is 0.731. The van der Waals surface area contributed by atoms with Crippen LogP contribution in [0.1, 0.15) is 77.7 Å². The molecule has 1 heterocycles. The fourth-order valence-electron chi connectivity index (χ4n) is 8.05. The van der Waals surface area contributed by atoms with Crippen molar-refractivity contribution in [2.24, 2.45) is 46.2 Å². The first-order valence-corrected chi connectivity index (χ1v) is 12.2. The predicted octanol–water partition coefficient (Wildman–Crippen LogP) is 6.98. The average molecular weight is 415 g/mol. The Bertz CT molecular complexity index is 774. The van der Waals surface area contributed by atoms with Crippen molar-refractivity contribution in [3.8, 4) is 0 Å². The number of fused-ring (bicyclic) bond motifs is 5. The molecule has 0 radical (unpaired) electrons. The molecule has 7 unspecified atom stereocenters. The molecule has 0 aliphatic heterocycles. The number of aromatic nitrogens is 1. The molecule has 0 saturated heterocycles. The standard InChI is InChI=1S/C25H34ClN.CH5N/c1-16-8-10-24(2)18(12-16)4-5-20-22-7-6-21(17-13-19(26)15-27-14-17)25(22,3)11-9-23(20)24;1-2/h6,13-16,18,20,22-23H,4-5,7-12H2,1-3H3;2H2,1H3. The Morgan fingerprint density at radius 1 is 1.03 bits per heavy atom. The molecule has 4 aliphatic carbocycles. The van der Waals surface area contributed by atoms with Crippen LogP contribution in [0.15, 0.2) is 24.5 Å². The van der Waals surface area contributed by atoms with Gasteiger partial charge in [-0.05, 0) is 110 Å². The third-order valence-electron chi connectivity index (χ3n) is 9.52. The summed E-state index contributed by atoms with van der Waals surface area (Å²) in [5.41, 5.74) is 8.22. The first-order chi connectivity index (χ1) is 13.9. The summed E-state index contributed by atoms with van der Waals surface area (Å²) in [6.07, 6.45) is 17.7. The molecule has 1 aromatic rings. The Morgan fingerprint density at radius 2 is 1.83 bits per heavy atom. The summed E-state index contributed by atoms with van der Waals surface area (Å²) in [4.78, 5) is 4.38. The number of allylic oxidation sites excluding steroid dienone is 2. The lowest BCUT2D eigenvalue weighted by molar-refractivity contribution is -0.103. The number of nitrogens with zero attached hydrogens (tertiary/aromatic N) is 1. The van der Waals surface area contributed by atoms with Crippen molar-refractivity contribution in [1.29, 1.82) is 0 Å². The summed E-state index contributed by atoms with van der Waals surface area (Å²) in [5, 5.41) is 0.762. The highest BCUT2D eigenvalue weighted by Gasteiger charge is 2.58. The second-order valence-electron chi connectivity index (χ2n) is 10.7. The number of pyridine rings is 1. The average Bonchev–Trinajstić information content (AvgIpc) is 3.07. The van der Waals surface area contributed by atoms with E-state index in [0.29, 0.717) is 10.8 Å². The second kappa shape index (κ2) is 8.00. The van der Waals surface area contributed by atoms with Crippen LogP contribution < -0.4 is 5.73 Å². The van der Waals surface area contributed by atoms with Gasteiger partial charge >= 0.3 is 0 Å². The van der Waals surface area contributed by atoms with Crippen LogP contribution in [-0.4, -0.2) is 12.0 Å². The molecule has 2 nitrogen and oxygen atoms in total. The summed E-state index contributed by atoms with van der Waals surface area (Å²) < 4.78 is 0. The molecule has 0 spiro atoms. The maximum absolute atomic E-state index is 6.27. The topological polar surface area (TPSA) is 38.9 Å². The van der Waals surface area contributed by atoms with Gasteiger partial charge in [-0.1, -0.05) is 44.9 Å².